The zero-order valence-electron chi connectivity index (χ0n) is 12.5. The molecule has 0 unspecified atom stereocenters. The highest BCUT2D eigenvalue weighted by atomic mass is 16.1. The number of nitrogens with one attached hydrogen (secondary N) is 1. The Kier molecular flexibility index (Phi) is 5.33. The Balaban J connectivity index is 2.16. The van der Waals surface area contributed by atoms with Gasteiger partial charge in [0.05, 0.1) is 0 Å². The molecular formula is C19H21NO. The Morgan fingerprint density at radius 2 is 1.57 bits per heavy atom. The van der Waals surface area contributed by atoms with E-state index in [1.54, 1.807) is 0 Å². The van der Waals surface area contributed by atoms with Gasteiger partial charge in [0, 0.05) is 24.2 Å². The number of Topliss-reactive ketones (excluding diaryl/α,β-unsaturated/α-hetero) is 1. The Hall–Kier alpha value is -2.35. The Labute approximate surface area is 126 Å². The van der Waals surface area contributed by atoms with Crippen molar-refractivity contribution < 1.29 is 4.79 Å². The first-order valence-electron chi connectivity index (χ1n) is 7.25. The maximum atomic E-state index is 12.4. The van der Waals surface area contributed by atoms with Crippen molar-refractivity contribution in [2.24, 2.45) is 5.92 Å². The number of ketones is 1. The van der Waals surface area contributed by atoms with Crippen LogP contribution >= 0.6 is 0 Å². The molecule has 0 amide bonds. The Morgan fingerprint density at radius 1 is 1.00 bits per heavy atom. The van der Waals surface area contributed by atoms with Crippen molar-refractivity contribution in [3.63, 3.8) is 0 Å². The lowest BCUT2D eigenvalue weighted by atomic mass is 9.95. The predicted molar refractivity (Wildman–Crippen MR) is 87.5 cm³/mol. The average Bonchev–Trinajstić information content (AvgIpc) is 2.53. The van der Waals surface area contributed by atoms with Crippen molar-refractivity contribution in [3.8, 4) is 0 Å². The third-order valence-electron chi connectivity index (χ3n) is 3.27. The summed E-state index contributed by atoms with van der Waals surface area (Å²) in [5.74, 6) is 0.136. The lowest BCUT2D eigenvalue weighted by Gasteiger charge is -2.11. The molecule has 0 aromatic heterocycles. The molecular weight excluding hydrogens is 258 g/mol. The minimum Gasteiger partial charge on any atom is -0.386 e. The first kappa shape index (κ1) is 15.0. The smallest absolute Gasteiger partial charge is 0.167 e. The van der Waals surface area contributed by atoms with Crippen LogP contribution in [0, 0.1) is 5.92 Å². The van der Waals surface area contributed by atoms with Gasteiger partial charge in [-0.05, 0) is 11.1 Å². The summed E-state index contributed by atoms with van der Waals surface area (Å²) < 4.78 is 0. The molecule has 2 rings (SSSR count). The predicted octanol–water partition coefficient (Wildman–Crippen LogP) is 4.04. The van der Waals surface area contributed by atoms with E-state index >= 15 is 0 Å². The van der Waals surface area contributed by atoms with E-state index in [0.29, 0.717) is 6.54 Å². The Bertz CT molecular complexity index is 600. The van der Waals surface area contributed by atoms with Gasteiger partial charge in [0.2, 0.25) is 0 Å². The number of hydrogen-bond donors (Lipinski definition) is 1. The van der Waals surface area contributed by atoms with Crippen molar-refractivity contribution in [1.29, 1.82) is 0 Å². The molecule has 0 saturated heterocycles. The van der Waals surface area contributed by atoms with Crippen LogP contribution in [0.4, 0.5) is 0 Å². The van der Waals surface area contributed by atoms with Crippen LogP contribution in [-0.2, 0) is 11.3 Å². The second kappa shape index (κ2) is 7.44. The summed E-state index contributed by atoms with van der Waals surface area (Å²) in [4.78, 5) is 12.4. The minimum atomic E-state index is -0.0185. The quantitative estimate of drug-likeness (QED) is 0.808. The highest BCUT2D eigenvalue weighted by Gasteiger charge is 2.15. The summed E-state index contributed by atoms with van der Waals surface area (Å²) in [6, 6.07) is 19.9. The molecule has 0 atom stereocenters. The molecule has 0 aliphatic rings. The highest BCUT2D eigenvalue weighted by molar-refractivity contribution is 6.21. The van der Waals surface area contributed by atoms with Crippen LogP contribution in [0.5, 0.6) is 0 Å². The van der Waals surface area contributed by atoms with Crippen molar-refractivity contribution in [2.45, 2.75) is 20.4 Å². The summed E-state index contributed by atoms with van der Waals surface area (Å²) in [6.07, 6.45) is 1.84. The molecule has 0 heterocycles. The summed E-state index contributed by atoms with van der Waals surface area (Å²) >= 11 is 0. The van der Waals surface area contributed by atoms with Gasteiger partial charge in [0.1, 0.15) is 0 Å². The van der Waals surface area contributed by atoms with Crippen LogP contribution in [-0.4, -0.2) is 5.78 Å². The first-order valence-corrected chi connectivity index (χ1v) is 7.25. The van der Waals surface area contributed by atoms with E-state index in [1.165, 1.54) is 5.56 Å². The molecule has 2 heteroatoms. The number of carbonyl (C=O) groups is 1. The molecule has 0 radical (unpaired) electrons. The van der Waals surface area contributed by atoms with Crippen LogP contribution in [0.3, 0.4) is 0 Å². The number of carbonyl (C=O) groups excluding carboxylic acids is 1. The molecule has 2 aromatic rings. The summed E-state index contributed by atoms with van der Waals surface area (Å²) in [5, 5.41) is 3.25. The molecule has 21 heavy (non-hydrogen) atoms. The zero-order valence-corrected chi connectivity index (χ0v) is 12.5. The van der Waals surface area contributed by atoms with Gasteiger partial charge in [-0.15, -0.1) is 0 Å². The van der Waals surface area contributed by atoms with Crippen LogP contribution in [0.2, 0.25) is 0 Å². The maximum absolute atomic E-state index is 12.4. The molecule has 108 valence electrons. The van der Waals surface area contributed by atoms with Crippen molar-refractivity contribution in [3.05, 3.63) is 78.0 Å². The van der Waals surface area contributed by atoms with E-state index < -0.39 is 0 Å². The zero-order chi connectivity index (χ0) is 15.1. The van der Waals surface area contributed by atoms with E-state index in [9.17, 15) is 4.79 Å². The van der Waals surface area contributed by atoms with Gasteiger partial charge in [-0.3, -0.25) is 4.79 Å². The average molecular weight is 279 g/mol. The molecule has 1 N–H and O–H groups in total. The summed E-state index contributed by atoms with van der Waals surface area (Å²) in [6.45, 7) is 4.56. The van der Waals surface area contributed by atoms with Crippen LogP contribution in [0.15, 0.2) is 66.9 Å². The second-order valence-electron chi connectivity index (χ2n) is 5.31. The lowest BCUT2D eigenvalue weighted by molar-refractivity contribution is -0.116. The van der Waals surface area contributed by atoms with Crippen LogP contribution < -0.4 is 5.32 Å². The fraction of sp³-hybridized carbons (Fsp3) is 0.211. The molecule has 0 aliphatic carbocycles. The minimum absolute atomic E-state index is 0.0185. The maximum Gasteiger partial charge on any atom is 0.167 e. The van der Waals surface area contributed by atoms with E-state index in [0.717, 1.165) is 11.1 Å². The fourth-order valence-corrected chi connectivity index (χ4v) is 2.09. The lowest BCUT2D eigenvalue weighted by Crippen LogP contribution is -2.14. The van der Waals surface area contributed by atoms with E-state index in [-0.39, 0.29) is 11.7 Å². The Morgan fingerprint density at radius 3 is 2.14 bits per heavy atom. The third-order valence-corrected chi connectivity index (χ3v) is 3.27. The SMILES string of the molecule is CC(C)C(=O)/C(=C\NCc1ccccc1)c1ccccc1. The van der Waals surface area contributed by atoms with Gasteiger partial charge in [0.15, 0.2) is 5.78 Å². The van der Waals surface area contributed by atoms with Crippen LogP contribution in [0.25, 0.3) is 5.57 Å². The first-order chi connectivity index (χ1) is 10.2. The summed E-state index contributed by atoms with van der Waals surface area (Å²) in [5.41, 5.74) is 2.89. The highest BCUT2D eigenvalue weighted by Crippen LogP contribution is 2.18. The molecule has 0 bridgehead atoms. The fourth-order valence-electron chi connectivity index (χ4n) is 2.09. The van der Waals surface area contributed by atoms with Gasteiger partial charge in [-0.25, -0.2) is 0 Å². The van der Waals surface area contributed by atoms with Crippen LogP contribution in [0.1, 0.15) is 25.0 Å². The monoisotopic (exact) mass is 279 g/mol. The second-order valence-corrected chi connectivity index (χ2v) is 5.31. The van der Waals surface area contributed by atoms with Crippen molar-refractivity contribution in [1.82, 2.24) is 5.32 Å². The largest absolute Gasteiger partial charge is 0.386 e. The standard InChI is InChI=1S/C19H21NO/c1-15(2)19(21)18(17-11-7-4-8-12-17)14-20-13-16-9-5-3-6-10-16/h3-12,14-15,20H,13H2,1-2H3/b18-14-. The normalized spacial score (nSPS) is 11.5. The molecule has 2 nitrogen and oxygen atoms in total. The molecule has 2 aromatic carbocycles. The van der Waals surface area contributed by atoms with E-state index in [1.807, 2.05) is 68.6 Å². The molecule has 0 saturated carbocycles. The van der Waals surface area contributed by atoms with Gasteiger partial charge >= 0.3 is 0 Å². The number of benzene rings is 2. The topological polar surface area (TPSA) is 29.1 Å². The van der Waals surface area contributed by atoms with E-state index in [2.05, 4.69) is 17.4 Å². The number of allylic oxidation sites excluding steroid dienone is 1. The van der Waals surface area contributed by atoms with Gasteiger partial charge in [-0.2, -0.15) is 0 Å². The van der Waals surface area contributed by atoms with Gasteiger partial charge < -0.3 is 5.32 Å². The summed E-state index contributed by atoms with van der Waals surface area (Å²) in [7, 11) is 0. The van der Waals surface area contributed by atoms with Crippen molar-refractivity contribution >= 4 is 11.4 Å². The third kappa shape index (κ3) is 4.32. The molecule has 0 spiro atoms. The van der Waals surface area contributed by atoms with Gasteiger partial charge in [0.25, 0.3) is 0 Å². The van der Waals surface area contributed by atoms with E-state index in [4.69, 9.17) is 0 Å². The number of rotatable bonds is 6. The molecule has 0 fully saturated rings. The molecule has 0 aliphatic heterocycles. The van der Waals surface area contributed by atoms with Crippen molar-refractivity contribution in [2.75, 3.05) is 0 Å². The van der Waals surface area contributed by atoms with Gasteiger partial charge in [-0.1, -0.05) is 74.5 Å². The number of hydrogen-bond acceptors (Lipinski definition) is 2.